The average Bonchev–Trinajstić information content (AvgIpc) is 2.48. The molecule has 0 spiro atoms. The molecule has 0 heterocycles. The minimum atomic E-state index is -3.91. The molecule has 2 aromatic rings. The number of methoxy groups -OCH3 is 1. The molecule has 0 atom stereocenters. The summed E-state index contributed by atoms with van der Waals surface area (Å²) >= 11 is 0. The van der Waals surface area contributed by atoms with Gasteiger partial charge in [0.25, 0.3) is 5.69 Å². The predicted octanol–water partition coefficient (Wildman–Crippen LogP) is 3.00. The van der Waals surface area contributed by atoms with Gasteiger partial charge in [-0.1, -0.05) is 12.1 Å². The summed E-state index contributed by atoms with van der Waals surface area (Å²) in [6, 6.07) is 10.7. The lowest BCUT2D eigenvalue weighted by atomic mass is 10.3. The molecule has 0 N–H and O–H groups in total. The Bertz CT molecular complexity index is 739. The third kappa shape index (κ3) is 3.48. The van der Waals surface area contributed by atoms with Crippen LogP contribution in [0.25, 0.3) is 4.72 Å². The average molecular weight is 307 g/mol. The van der Waals surface area contributed by atoms with Crippen LogP contribution in [0.3, 0.4) is 0 Å². The molecule has 0 aliphatic rings. The molecule has 0 saturated heterocycles. The molecule has 0 bridgehead atoms. The Balaban J connectivity index is 2.22. The smallest absolute Gasteiger partial charge is 0.269 e. The Hall–Kier alpha value is -2.61. The summed E-state index contributed by atoms with van der Waals surface area (Å²) in [5, 5.41) is 10.5. The largest absolute Gasteiger partial charge is 0.573 e. The van der Waals surface area contributed by atoms with Crippen LogP contribution < -0.4 is 4.74 Å². The number of nitrogens with zero attached hydrogens (tertiary/aromatic N) is 2. The molecule has 0 unspecified atom stereocenters. The number of sulfonamides is 1. The van der Waals surface area contributed by atoms with Crippen molar-refractivity contribution in [3.63, 3.8) is 0 Å². The maximum Gasteiger partial charge on any atom is 0.269 e. The summed E-state index contributed by atoms with van der Waals surface area (Å²) in [5.74, 6) is 0.585. The van der Waals surface area contributed by atoms with Crippen molar-refractivity contribution in [1.82, 2.24) is 0 Å². The Morgan fingerprint density at radius 2 is 1.62 bits per heavy atom. The molecular weight excluding hydrogens is 296 g/mol. The van der Waals surface area contributed by atoms with Crippen molar-refractivity contribution in [2.45, 2.75) is 4.90 Å². The van der Waals surface area contributed by atoms with Crippen molar-refractivity contribution in [3.8, 4) is 5.75 Å². The number of nitro groups is 1. The van der Waals surface area contributed by atoms with Gasteiger partial charge in [0.05, 0.1) is 16.9 Å². The highest BCUT2D eigenvalue weighted by Crippen LogP contribution is 2.29. The van der Waals surface area contributed by atoms with Gasteiger partial charge in [-0.05, 0) is 24.3 Å². The second-order valence-corrected chi connectivity index (χ2v) is 5.62. The minimum absolute atomic E-state index is 0.107. The van der Waals surface area contributed by atoms with Crippen LogP contribution >= 0.6 is 0 Å². The molecule has 0 radical (unpaired) electrons. The molecule has 0 aliphatic carbocycles. The molecule has 2 aromatic carbocycles. The van der Waals surface area contributed by atoms with Gasteiger partial charge in [0, 0.05) is 12.1 Å². The maximum absolute atomic E-state index is 12.1. The molecule has 21 heavy (non-hydrogen) atoms. The molecular formula is C13H11N2O5S-. The van der Waals surface area contributed by atoms with Crippen LogP contribution in [0.2, 0.25) is 0 Å². The van der Waals surface area contributed by atoms with Crippen LogP contribution in [0.15, 0.2) is 53.4 Å². The fourth-order valence-corrected chi connectivity index (χ4v) is 2.56. The van der Waals surface area contributed by atoms with E-state index in [1.54, 1.807) is 12.1 Å². The first-order valence-electron chi connectivity index (χ1n) is 5.79. The van der Waals surface area contributed by atoms with Crippen LogP contribution in [0.4, 0.5) is 11.4 Å². The van der Waals surface area contributed by atoms with Crippen LogP contribution in [-0.4, -0.2) is 20.5 Å². The van der Waals surface area contributed by atoms with Crippen LogP contribution in [0.5, 0.6) is 5.75 Å². The normalized spacial score (nSPS) is 10.9. The minimum Gasteiger partial charge on any atom is -0.573 e. The number of rotatable bonds is 5. The fraction of sp³-hybridized carbons (Fsp3) is 0.0769. The van der Waals surface area contributed by atoms with E-state index in [1.807, 2.05) is 0 Å². The summed E-state index contributed by atoms with van der Waals surface area (Å²) < 4.78 is 32.8. The van der Waals surface area contributed by atoms with E-state index in [1.165, 1.54) is 19.2 Å². The topological polar surface area (TPSA) is 101 Å². The van der Waals surface area contributed by atoms with Gasteiger partial charge in [-0.25, -0.2) is 8.42 Å². The van der Waals surface area contributed by atoms with Crippen molar-refractivity contribution < 1.29 is 18.1 Å². The molecule has 8 heteroatoms. The van der Waals surface area contributed by atoms with E-state index < -0.39 is 14.9 Å². The highest BCUT2D eigenvalue weighted by Gasteiger charge is 2.09. The van der Waals surface area contributed by atoms with Gasteiger partial charge >= 0.3 is 0 Å². The number of nitro benzene ring substituents is 1. The molecule has 2 rings (SSSR count). The van der Waals surface area contributed by atoms with E-state index in [4.69, 9.17) is 4.74 Å². The molecule has 0 amide bonds. The third-order valence-electron chi connectivity index (χ3n) is 2.64. The zero-order valence-electron chi connectivity index (χ0n) is 11.0. The van der Waals surface area contributed by atoms with Gasteiger partial charge in [0.2, 0.25) is 0 Å². The number of benzene rings is 2. The standard InChI is InChI=1S/C13H11N2O5S/c1-20-12-6-2-10(3-7-12)14-21(18,19)13-8-4-11(5-9-13)15(16)17/h2-9H,1H3/q-1. The Labute approximate surface area is 121 Å². The Kier molecular flexibility index (Phi) is 4.08. The van der Waals surface area contributed by atoms with E-state index in [-0.39, 0.29) is 16.3 Å². The summed E-state index contributed by atoms with van der Waals surface area (Å²) in [6.45, 7) is 0. The van der Waals surface area contributed by atoms with E-state index in [0.29, 0.717) is 5.75 Å². The van der Waals surface area contributed by atoms with Crippen molar-refractivity contribution in [2.75, 3.05) is 7.11 Å². The number of ether oxygens (including phenoxy) is 1. The second kappa shape index (κ2) is 5.80. The number of non-ortho nitro benzene ring substituents is 1. The zero-order valence-corrected chi connectivity index (χ0v) is 11.8. The SMILES string of the molecule is COc1ccc([N-]S(=O)(=O)c2ccc([N+](=O)[O-])cc2)cc1. The lowest BCUT2D eigenvalue weighted by molar-refractivity contribution is -0.384. The number of hydrogen-bond donors (Lipinski definition) is 0. The van der Waals surface area contributed by atoms with E-state index in [2.05, 4.69) is 4.72 Å². The second-order valence-electron chi connectivity index (χ2n) is 4.02. The monoisotopic (exact) mass is 307 g/mol. The van der Waals surface area contributed by atoms with Crippen molar-refractivity contribution in [3.05, 3.63) is 63.4 Å². The van der Waals surface area contributed by atoms with Crippen LogP contribution in [-0.2, 0) is 10.0 Å². The molecule has 0 saturated carbocycles. The summed E-state index contributed by atoms with van der Waals surface area (Å²) in [5.41, 5.74) is 0.0625. The molecule has 0 aliphatic heterocycles. The van der Waals surface area contributed by atoms with Crippen LogP contribution in [0.1, 0.15) is 0 Å². The lowest BCUT2D eigenvalue weighted by Crippen LogP contribution is -1.98. The summed E-state index contributed by atoms with van der Waals surface area (Å²) in [6.07, 6.45) is 0. The van der Waals surface area contributed by atoms with Crippen molar-refractivity contribution in [1.29, 1.82) is 0 Å². The molecule has 7 nitrogen and oxygen atoms in total. The molecule has 0 fully saturated rings. The van der Waals surface area contributed by atoms with Crippen molar-refractivity contribution in [2.24, 2.45) is 0 Å². The Morgan fingerprint density at radius 3 is 2.10 bits per heavy atom. The molecule has 110 valence electrons. The maximum atomic E-state index is 12.1. The highest BCUT2D eigenvalue weighted by atomic mass is 32.2. The zero-order chi connectivity index (χ0) is 15.5. The predicted molar refractivity (Wildman–Crippen MR) is 76.3 cm³/mol. The van der Waals surface area contributed by atoms with Crippen molar-refractivity contribution >= 4 is 21.4 Å². The van der Waals surface area contributed by atoms with E-state index >= 15 is 0 Å². The van der Waals surface area contributed by atoms with Gasteiger partial charge in [0.15, 0.2) is 0 Å². The third-order valence-corrected chi connectivity index (χ3v) is 3.96. The van der Waals surface area contributed by atoms with Gasteiger partial charge in [-0.2, -0.15) is 0 Å². The van der Waals surface area contributed by atoms with Crippen LogP contribution in [0, 0.1) is 10.1 Å². The van der Waals surface area contributed by atoms with E-state index in [9.17, 15) is 18.5 Å². The van der Waals surface area contributed by atoms with E-state index in [0.717, 1.165) is 24.3 Å². The van der Waals surface area contributed by atoms with Gasteiger partial charge in [0.1, 0.15) is 15.8 Å². The lowest BCUT2D eigenvalue weighted by Gasteiger charge is -2.21. The first-order valence-corrected chi connectivity index (χ1v) is 7.23. The van der Waals surface area contributed by atoms with Gasteiger partial charge < -0.3 is 9.46 Å². The summed E-state index contributed by atoms with van der Waals surface area (Å²) in [7, 11) is -2.41. The Morgan fingerprint density at radius 1 is 1.05 bits per heavy atom. The fourth-order valence-electron chi connectivity index (χ4n) is 1.57. The van der Waals surface area contributed by atoms with Gasteiger partial charge in [-0.15, -0.1) is 5.69 Å². The first-order chi connectivity index (χ1) is 9.92. The molecule has 0 aromatic heterocycles. The number of hydrogen-bond acceptors (Lipinski definition) is 5. The quantitative estimate of drug-likeness (QED) is 0.624. The first kappa shape index (κ1) is 14.8. The highest BCUT2D eigenvalue weighted by molar-refractivity contribution is 7.94. The summed E-state index contributed by atoms with van der Waals surface area (Å²) in [4.78, 5) is 9.83. The van der Waals surface area contributed by atoms with Gasteiger partial charge in [-0.3, -0.25) is 10.1 Å².